The predicted octanol–water partition coefficient (Wildman–Crippen LogP) is 1.71. The lowest BCUT2D eigenvalue weighted by molar-refractivity contribution is -0.138. The maximum Gasteiger partial charge on any atom is 0.320 e. The number of nitrogens with zero attached hydrogens (tertiary/aromatic N) is 10. The number of carboxylic acids is 1. The first kappa shape index (κ1) is 70.8. The van der Waals surface area contributed by atoms with E-state index in [2.05, 4.69) is 72.2 Å². The number of carboxylic acid groups (broad SMARTS) is 1. The van der Waals surface area contributed by atoms with E-state index in [4.69, 9.17) is 39.3 Å². The van der Waals surface area contributed by atoms with E-state index in [1.165, 1.54) is 29.0 Å². The molecule has 6 atom stereocenters. The molecule has 2 aliphatic rings. The maximum absolute atomic E-state index is 13.5. The van der Waals surface area contributed by atoms with Gasteiger partial charge >= 0.3 is 5.97 Å². The van der Waals surface area contributed by atoms with Crippen molar-refractivity contribution < 1.29 is 72.5 Å². The van der Waals surface area contributed by atoms with Gasteiger partial charge in [0.15, 0.2) is 29.0 Å². The summed E-state index contributed by atoms with van der Waals surface area (Å²) >= 11 is 1.36. The predicted molar refractivity (Wildman–Crippen MR) is 329 cm³/mol. The Labute approximate surface area is 529 Å². The van der Waals surface area contributed by atoms with Crippen LogP contribution in [0.1, 0.15) is 98.2 Å². The standard InChI is InChI=1S/C59H82N16O15S/c1-38-69-71-52(72-70-38)40-9-7-39(8-10-40)34-64-48(78)18-24-86-26-28-88-30-32-89-31-29-87-27-25-85-23-17-43(76)6-5-22-63-56(82)45(68-55(81)41-11-13-42(14-12-41)59(2)73-74-59)15-16-47(77)61-20-3-4-21-62-53-49-54(66-36-65-53)75(37-67-49)57-51(80)50(79)46(90-57)35-91-33-19-44(60)58(83)84/h7-14,36-37,44-46,50-51,57,79-80H,3-6,15-35,60H2,1-2H3,(H,61,77)(H,63,82)(H,64,78)(H,68,81)(H,83,84)(H,62,65,66)/t44-,45+,46?,50?,51?,57?/m0/s1. The molecule has 1 fully saturated rings. The molecule has 0 bridgehead atoms. The topological polar surface area (TPSA) is 425 Å². The van der Waals surface area contributed by atoms with Gasteiger partial charge in [0.05, 0.1) is 78.5 Å². The first-order valence-electron chi connectivity index (χ1n) is 30.3. The number of nitrogens with one attached hydrogen (secondary N) is 5. The van der Waals surface area contributed by atoms with Crippen molar-refractivity contribution in [2.45, 2.75) is 120 Å². The van der Waals surface area contributed by atoms with Crippen molar-refractivity contribution in [2.75, 3.05) is 103 Å². The number of carbonyl (C=O) groups excluding carboxylic acids is 5. The highest BCUT2D eigenvalue weighted by atomic mass is 32.2. The number of rotatable bonds is 45. The molecule has 0 radical (unpaired) electrons. The number of imidazole rings is 1. The number of aromatic nitrogens is 8. The third-order valence-electron chi connectivity index (χ3n) is 14.4. The number of ether oxygens (including phenoxy) is 6. The number of ketones is 1. The van der Waals surface area contributed by atoms with E-state index in [1.54, 1.807) is 31.2 Å². The number of unbranched alkanes of at least 4 members (excludes halogenated alkanes) is 1. The smallest absolute Gasteiger partial charge is 0.320 e. The van der Waals surface area contributed by atoms with Gasteiger partial charge in [-0.15, -0.1) is 20.4 Å². The molecule has 32 heteroatoms. The van der Waals surface area contributed by atoms with E-state index in [-0.39, 0.29) is 75.9 Å². The van der Waals surface area contributed by atoms with Crippen LogP contribution in [-0.4, -0.2) is 218 Å². The second-order valence-corrected chi connectivity index (χ2v) is 22.6. The van der Waals surface area contributed by atoms with Crippen LogP contribution in [0.2, 0.25) is 0 Å². The Balaban J connectivity index is 0.695. The summed E-state index contributed by atoms with van der Waals surface area (Å²) in [6, 6.07) is 12.2. The number of thioether (sulfide) groups is 1. The number of aliphatic carboxylic acids is 1. The lowest BCUT2D eigenvalue weighted by atomic mass is 10.0. The lowest BCUT2D eigenvalue weighted by Gasteiger charge is -2.19. The first-order chi connectivity index (χ1) is 44.1. The normalized spacial score (nSPS) is 17.1. The Hall–Kier alpha value is -7.66. The van der Waals surface area contributed by atoms with Crippen molar-refractivity contribution >= 4 is 64.1 Å². The molecular weight excluding hydrogens is 1200 g/mol. The van der Waals surface area contributed by atoms with Crippen LogP contribution >= 0.6 is 11.8 Å². The van der Waals surface area contributed by atoms with E-state index in [0.717, 1.165) is 16.7 Å². The third kappa shape index (κ3) is 23.8. The number of hydrogen-bond acceptors (Lipinski definition) is 26. The van der Waals surface area contributed by atoms with E-state index in [9.17, 15) is 39.0 Å². The Morgan fingerprint density at radius 3 is 1.99 bits per heavy atom. The molecule has 5 heterocycles. The molecule has 4 unspecified atom stereocenters. The van der Waals surface area contributed by atoms with Gasteiger partial charge in [0.1, 0.15) is 36.4 Å². The average Bonchev–Trinajstić information content (AvgIpc) is 1.66. The van der Waals surface area contributed by atoms with Gasteiger partial charge in [-0.1, -0.05) is 36.4 Å². The Morgan fingerprint density at radius 1 is 0.703 bits per heavy atom. The van der Waals surface area contributed by atoms with Gasteiger partial charge in [-0.25, -0.2) is 15.0 Å². The second-order valence-electron chi connectivity index (χ2n) is 21.5. The number of aryl methyl sites for hydroxylation is 1. The van der Waals surface area contributed by atoms with Gasteiger partial charge in [0.2, 0.25) is 29.2 Å². The van der Waals surface area contributed by atoms with E-state index < -0.39 is 60.1 Å². The molecule has 10 N–H and O–H groups in total. The molecular formula is C59H82N16O15S. The number of hydrogen-bond donors (Lipinski definition) is 9. The molecule has 31 nitrogen and oxygen atoms in total. The molecule has 494 valence electrons. The summed E-state index contributed by atoms with van der Waals surface area (Å²) in [7, 11) is 0. The molecule has 2 aliphatic heterocycles. The molecule has 0 aliphatic carbocycles. The second kappa shape index (κ2) is 37.6. The summed E-state index contributed by atoms with van der Waals surface area (Å²) in [5.41, 5.74) is 8.57. The summed E-state index contributed by atoms with van der Waals surface area (Å²) in [6.45, 7) is 8.19. The number of nitrogens with two attached hydrogens (primary N) is 1. The van der Waals surface area contributed by atoms with Gasteiger partial charge in [-0.2, -0.15) is 22.0 Å². The number of fused-ring (bicyclic) bond motifs is 1. The summed E-state index contributed by atoms with van der Waals surface area (Å²) < 4.78 is 35.2. The molecule has 4 amide bonds. The van der Waals surface area contributed by atoms with Crippen molar-refractivity contribution in [3.05, 3.63) is 83.7 Å². The monoisotopic (exact) mass is 1290 g/mol. The maximum atomic E-state index is 13.5. The van der Waals surface area contributed by atoms with Crippen molar-refractivity contribution in [1.29, 1.82) is 0 Å². The fourth-order valence-corrected chi connectivity index (χ4v) is 10.1. The zero-order valence-corrected chi connectivity index (χ0v) is 51.9. The van der Waals surface area contributed by atoms with E-state index >= 15 is 0 Å². The Morgan fingerprint density at radius 2 is 1.33 bits per heavy atom. The molecule has 7 rings (SSSR count). The van der Waals surface area contributed by atoms with E-state index in [1.807, 2.05) is 31.2 Å². The number of anilines is 1. The molecule has 0 saturated carbocycles. The van der Waals surface area contributed by atoms with Crippen LogP contribution in [0.3, 0.4) is 0 Å². The molecule has 2 aromatic carbocycles. The summed E-state index contributed by atoms with van der Waals surface area (Å²) in [5, 5.41) is 69.2. The minimum Gasteiger partial charge on any atom is -0.480 e. The van der Waals surface area contributed by atoms with Gasteiger partial charge < -0.3 is 76.1 Å². The SMILES string of the molecule is Cc1nnc(-c2ccc(CNC(=O)CCOCCOCCOCCOCCOCCC(=O)CCCNC(=O)[C@@H](CCC(=O)NCCCCNc3ncnc4c3ncn4C3OC(CSCC[C@H](N)C(=O)O)C(O)C3O)NC(=O)c3ccc(C4(C)N=N4)cc3)cc2)nn1. The van der Waals surface area contributed by atoms with Gasteiger partial charge in [-0.05, 0) is 69.4 Å². The van der Waals surface area contributed by atoms with Crippen molar-refractivity contribution in [1.82, 2.24) is 61.2 Å². The van der Waals surface area contributed by atoms with Crippen molar-refractivity contribution in [3.63, 3.8) is 0 Å². The minimum atomic E-state index is -1.28. The fourth-order valence-electron chi connectivity index (χ4n) is 9.02. The summed E-state index contributed by atoms with van der Waals surface area (Å²) in [6.07, 6.45) is 0.960. The van der Waals surface area contributed by atoms with Crippen LogP contribution in [-0.2, 0) is 64.6 Å². The van der Waals surface area contributed by atoms with Crippen molar-refractivity contribution in [2.24, 2.45) is 16.0 Å². The molecule has 91 heavy (non-hydrogen) atoms. The molecule has 0 spiro atoms. The van der Waals surface area contributed by atoms with Crippen LogP contribution < -0.4 is 32.3 Å². The van der Waals surface area contributed by atoms with Crippen LogP contribution in [0.5, 0.6) is 0 Å². The zero-order chi connectivity index (χ0) is 64.8. The van der Waals surface area contributed by atoms with Crippen LogP contribution in [0, 0.1) is 6.92 Å². The summed E-state index contributed by atoms with van der Waals surface area (Å²) in [4.78, 5) is 88.9. The zero-order valence-electron chi connectivity index (χ0n) is 51.1. The highest BCUT2D eigenvalue weighted by Gasteiger charge is 2.44. The average molecular weight is 1290 g/mol. The number of carbonyl (C=O) groups is 6. The van der Waals surface area contributed by atoms with E-state index in [0.29, 0.717) is 137 Å². The quantitative estimate of drug-likeness (QED) is 0.0250. The molecule has 1 saturated heterocycles. The highest BCUT2D eigenvalue weighted by molar-refractivity contribution is 7.99. The number of Topliss-reactive ketones (excluding diaryl/α,β-unsaturated/α-hetero) is 1. The van der Waals surface area contributed by atoms with Crippen molar-refractivity contribution in [3.8, 4) is 11.4 Å². The number of aliphatic hydroxyl groups is 2. The van der Waals surface area contributed by atoms with Crippen LogP contribution in [0.25, 0.3) is 22.6 Å². The Kier molecular flexibility index (Phi) is 29.3. The summed E-state index contributed by atoms with van der Waals surface area (Å²) in [5.74, 6) is -0.467. The number of benzene rings is 2. The molecule has 3 aromatic heterocycles. The number of amides is 4. The highest BCUT2D eigenvalue weighted by Crippen LogP contribution is 2.38. The van der Waals surface area contributed by atoms with Gasteiger partial charge in [0, 0.05) is 74.3 Å². The van der Waals surface area contributed by atoms with Crippen LogP contribution in [0.4, 0.5) is 5.82 Å². The van der Waals surface area contributed by atoms with Gasteiger partial charge in [-0.3, -0.25) is 33.3 Å². The third-order valence-corrected chi connectivity index (χ3v) is 15.5. The van der Waals surface area contributed by atoms with Gasteiger partial charge in [0.25, 0.3) is 5.91 Å². The lowest BCUT2D eigenvalue weighted by Crippen LogP contribution is -2.47. The first-order valence-corrected chi connectivity index (χ1v) is 31.4. The Bertz CT molecular complexity index is 3130. The largest absolute Gasteiger partial charge is 0.480 e. The molecule has 5 aromatic rings. The minimum absolute atomic E-state index is 0.00909. The van der Waals surface area contributed by atoms with Crippen LogP contribution in [0.15, 0.2) is 71.4 Å². The number of aliphatic hydroxyl groups excluding tert-OH is 2. The fraction of sp³-hybridized carbons (Fsp3) is 0.576.